The van der Waals surface area contributed by atoms with E-state index >= 15 is 0 Å². The molecule has 3 heteroatoms. The van der Waals surface area contributed by atoms with Crippen molar-refractivity contribution in [1.29, 1.82) is 0 Å². The molecular weight excluding hydrogens is 202 g/mol. The zero-order valence-corrected chi connectivity index (χ0v) is 9.34. The van der Waals surface area contributed by atoms with Gasteiger partial charge in [-0.1, -0.05) is 30.3 Å². The lowest BCUT2D eigenvalue weighted by Crippen LogP contribution is -2.41. The van der Waals surface area contributed by atoms with Crippen molar-refractivity contribution in [2.45, 2.75) is 12.1 Å². The molecule has 3 nitrogen and oxygen atoms in total. The third-order valence-corrected chi connectivity index (χ3v) is 3.29. The molecule has 0 aromatic heterocycles. The van der Waals surface area contributed by atoms with Crippen LogP contribution in [-0.2, 0) is 9.47 Å². The Morgan fingerprint density at radius 2 is 1.81 bits per heavy atom. The van der Waals surface area contributed by atoms with Gasteiger partial charge in [0, 0.05) is 13.1 Å². The predicted octanol–water partition coefficient (Wildman–Crippen LogP) is 1.46. The third-order valence-electron chi connectivity index (χ3n) is 3.29. The zero-order valence-electron chi connectivity index (χ0n) is 9.34. The Morgan fingerprint density at radius 3 is 2.44 bits per heavy atom. The summed E-state index contributed by atoms with van der Waals surface area (Å²) in [6.45, 7) is 4.61. The molecule has 2 heterocycles. The Labute approximate surface area is 96.0 Å². The molecule has 16 heavy (non-hydrogen) atoms. The predicted molar refractivity (Wildman–Crippen MR) is 61.3 cm³/mol. The van der Waals surface area contributed by atoms with E-state index in [-0.39, 0.29) is 0 Å². The molecule has 0 bridgehead atoms. The largest absolute Gasteiger partial charge is 0.379 e. The summed E-state index contributed by atoms with van der Waals surface area (Å²) in [5.41, 5.74) is 1.37. The van der Waals surface area contributed by atoms with Gasteiger partial charge in [0.05, 0.1) is 25.9 Å². The first-order valence-corrected chi connectivity index (χ1v) is 5.93. The lowest BCUT2D eigenvalue weighted by molar-refractivity contribution is 0.00984. The Hall–Kier alpha value is -0.900. The standard InChI is InChI=1S/C13H17NO2/c1-2-4-11(5-3-1)13(12-10-16-12)14-6-8-15-9-7-14/h1-5,12-13H,6-10H2/t12-,13-/m1/s1. The normalized spacial score (nSPS) is 27.6. The van der Waals surface area contributed by atoms with Crippen LogP contribution >= 0.6 is 0 Å². The van der Waals surface area contributed by atoms with Crippen molar-refractivity contribution in [2.75, 3.05) is 32.9 Å². The average Bonchev–Trinajstić information content (AvgIpc) is 3.17. The maximum absolute atomic E-state index is 5.50. The summed E-state index contributed by atoms with van der Waals surface area (Å²) < 4.78 is 10.9. The van der Waals surface area contributed by atoms with Crippen LogP contribution in [0.5, 0.6) is 0 Å². The van der Waals surface area contributed by atoms with Gasteiger partial charge in [-0.05, 0) is 5.56 Å². The van der Waals surface area contributed by atoms with Gasteiger partial charge in [-0.3, -0.25) is 4.90 Å². The Morgan fingerprint density at radius 1 is 1.12 bits per heavy atom. The lowest BCUT2D eigenvalue weighted by Gasteiger charge is -2.33. The Kier molecular flexibility index (Phi) is 2.91. The highest BCUT2D eigenvalue weighted by Crippen LogP contribution is 2.33. The molecule has 1 aromatic rings. The van der Waals surface area contributed by atoms with Crippen molar-refractivity contribution in [3.05, 3.63) is 35.9 Å². The van der Waals surface area contributed by atoms with Crippen molar-refractivity contribution < 1.29 is 9.47 Å². The van der Waals surface area contributed by atoms with E-state index < -0.39 is 0 Å². The van der Waals surface area contributed by atoms with E-state index in [1.807, 2.05) is 0 Å². The fraction of sp³-hybridized carbons (Fsp3) is 0.538. The number of morpholine rings is 1. The molecule has 0 aliphatic carbocycles. The topological polar surface area (TPSA) is 25.0 Å². The van der Waals surface area contributed by atoms with Crippen molar-refractivity contribution in [3.63, 3.8) is 0 Å². The fourth-order valence-corrected chi connectivity index (χ4v) is 2.40. The van der Waals surface area contributed by atoms with E-state index in [4.69, 9.17) is 9.47 Å². The van der Waals surface area contributed by atoms with E-state index in [1.54, 1.807) is 0 Å². The summed E-state index contributed by atoms with van der Waals surface area (Å²) in [5.74, 6) is 0. The molecular formula is C13H17NO2. The Balaban J connectivity index is 1.80. The first kappa shape index (κ1) is 10.3. The number of rotatable bonds is 3. The monoisotopic (exact) mass is 219 g/mol. The van der Waals surface area contributed by atoms with Crippen molar-refractivity contribution >= 4 is 0 Å². The number of hydrogen-bond acceptors (Lipinski definition) is 3. The molecule has 2 aliphatic rings. The van der Waals surface area contributed by atoms with Gasteiger partial charge in [0.2, 0.25) is 0 Å². The first-order chi connectivity index (χ1) is 7.95. The molecule has 2 atom stereocenters. The van der Waals surface area contributed by atoms with E-state index in [2.05, 4.69) is 35.2 Å². The van der Waals surface area contributed by atoms with Crippen molar-refractivity contribution in [3.8, 4) is 0 Å². The number of benzene rings is 1. The van der Waals surface area contributed by atoms with E-state index in [9.17, 15) is 0 Å². The van der Waals surface area contributed by atoms with Crippen LogP contribution in [0.2, 0.25) is 0 Å². The molecule has 0 unspecified atom stereocenters. The van der Waals surface area contributed by atoms with Gasteiger partial charge in [-0.15, -0.1) is 0 Å². The minimum absolute atomic E-state index is 0.389. The van der Waals surface area contributed by atoms with Crippen molar-refractivity contribution in [1.82, 2.24) is 4.90 Å². The first-order valence-electron chi connectivity index (χ1n) is 5.93. The Bertz CT molecular complexity index is 331. The number of hydrogen-bond donors (Lipinski definition) is 0. The van der Waals surface area contributed by atoms with E-state index in [1.165, 1.54) is 5.56 Å². The van der Waals surface area contributed by atoms with Crippen LogP contribution < -0.4 is 0 Å². The fourth-order valence-electron chi connectivity index (χ4n) is 2.40. The highest BCUT2D eigenvalue weighted by atomic mass is 16.6. The summed E-state index contributed by atoms with van der Waals surface area (Å²) in [4.78, 5) is 2.48. The SMILES string of the molecule is c1ccc([C@H]([C@H]2CO2)N2CCOCC2)cc1. The second kappa shape index (κ2) is 4.53. The molecule has 0 N–H and O–H groups in total. The zero-order chi connectivity index (χ0) is 10.8. The van der Waals surface area contributed by atoms with Gasteiger partial charge >= 0.3 is 0 Å². The van der Waals surface area contributed by atoms with E-state index in [0.29, 0.717) is 12.1 Å². The van der Waals surface area contributed by atoms with Gasteiger partial charge in [-0.2, -0.15) is 0 Å². The molecule has 2 saturated heterocycles. The van der Waals surface area contributed by atoms with Gasteiger partial charge in [0.15, 0.2) is 0 Å². The second-order valence-corrected chi connectivity index (χ2v) is 4.38. The molecule has 0 amide bonds. The molecule has 2 fully saturated rings. The molecule has 1 aromatic carbocycles. The summed E-state index contributed by atoms with van der Waals surface area (Å²) in [5, 5.41) is 0. The quantitative estimate of drug-likeness (QED) is 0.719. The van der Waals surface area contributed by atoms with Gasteiger partial charge in [0.1, 0.15) is 6.10 Å². The van der Waals surface area contributed by atoms with E-state index in [0.717, 1.165) is 32.9 Å². The van der Waals surface area contributed by atoms with Gasteiger partial charge in [-0.25, -0.2) is 0 Å². The lowest BCUT2D eigenvalue weighted by atomic mass is 10.0. The molecule has 86 valence electrons. The van der Waals surface area contributed by atoms with Crippen molar-refractivity contribution in [2.24, 2.45) is 0 Å². The van der Waals surface area contributed by atoms with Gasteiger partial charge in [0.25, 0.3) is 0 Å². The van der Waals surface area contributed by atoms with Crippen LogP contribution in [0.1, 0.15) is 11.6 Å². The average molecular weight is 219 g/mol. The summed E-state index contributed by atoms with van der Waals surface area (Å²) in [7, 11) is 0. The van der Waals surface area contributed by atoms with Crippen LogP contribution in [0.15, 0.2) is 30.3 Å². The highest BCUT2D eigenvalue weighted by molar-refractivity contribution is 5.21. The van der Waals surface area contributed by atoms with Crippen LogP contribution in [0.3, 0.4) is 0 Å². The maximum Gasteiger partial charge on any atom is 0.101 e. The van der Waals surface area contributed by atoms with Crippen LogP contribution in [0.4, 0.5) is 0 Å². The summed E-state index contributed by atoms with van der Waals surface area (Å²) in [6.07, 6.45) is 0.389. The minimum Gasteiger partial charge on any atom is -0.379 e. The second-order valence-electron chi connectivity index (χ2n) is 4.38. The molecule has 3 rings (SSSR count). The summed E-state index contributed by atoms with van der Waals surface area (Å²) >= 11 is 0. The third kappa shape index (κ3) is 2.12. The van der Waals surface area contributed by atoms with Crippen LogP contribution in [0, 0.1) is 0 Å². The molecule has 2 aliphatic heterocycles. The van der Waals surface area contributed by atoms with Crippen LogP contribution in [0.25, 0.3) is 0 Å². The molecule has 0 spiro atoms. The summed E-state index contributed by atoms with van der Waals surface area (Å²) in [6, 6.07) is 11.1. The smallest absolute Gasteiger partial charge is 0.101 e. The highest BCUT2D eigenvalue weighted by Gasteiger charge is 2.38. The number of ether oxygens (including phenoxy) is 2. The molecule has 0 radical (unpaired) electrons. The minimum atomic E-state index is 0.389. The van der Waals surface area contributed by atoms with Gasteiger partial charge < -0.3 is 9.47 Å². The molecule has 0 saturated carbocycles. The number of nitrogens with zero attached hydrogens (tertiary/aromatic N) is 1. The maximum atomic E-state index is 5.50. The van der Waals surface area contributed by atoms with Crippen LogP contribution in [-0.4, -0.2) is 43.9 Å². The number of epoxide rings is 1.